The minimum Gasteiger partial charge on any atom is -0.310 e. The highest BCUT2D eigenvalue weighted by atomic mass is 127. The summed E-state index contributed by atoms with van der Waals surface area (Å²) in [7, 11) is 0. The van der Waals surface area contributed by atoms with Crippen molar-refractivity contribution in [2.75, 3.05) is 11.4 Å². The van der Waals surface area contributed by atoms with Gasteiger partial charge in [-0.1, -0.05) is 28.1 Å². The molecule has 14 heavy (non-hydrogen) atoms. The first-order valence-corrected chi connectivity index (χ1v) is 6.37. The zero-order valence-corrected chi connectivity index (χ0v) is 11.2. The summed E-state index contributed by atoms with van der Waals surface area (Å²) in [5.41, 5.74) is 1.03. The Morgan fingerprint density at radius 2 is 2.14 bits per heavy atom. The van der Waals surface area contributed by atoms with Gasteiger partial charge >= 0.3 is 0 Å². The molecule has 0 aliphatic carbocycles. The van der Waals surface area contributed by atoms with E-state index in [9.17, 15) is 4.79 Å². The number of hydrogen-bond donors (Lipinski definition) is 0. The SMILES string of the molecule is O=C1CC(Br)CN1c1ccccc1I. The van der Waals surface area contributed by atoms with Gasteiger partial charge in [0, 0.05) is 21.4 Å². The number of para-hydroxylation sites is 1. The number of anilines is 1. The fraction of sp³-hybridized carbons (Fsp3) is 0.300. The van der Waals surface area contributed by atoms with Crippen molar-refractivity contribution in [2.24, 2.45) is 0 Å². The smallest absolute Gasteiger partial charge is 0.228 e. The van der Waals surface area contributed by atoms with Crippen molar-refractivity contribution in [2.45, 2.75) is 11.2 Å². The van der Waals surface area contributed by atoms with Crippen molar-refractivity contribution in [1.29, 1.82) is 0 Å². The summed E-state index contributed by atoms with van der Waals surface area (Å²) in [6.07, 6.45) is 0.602. The Hall–Kier alpha value is -0.100. The number of carbonyl (C=O) groups excluding carboxylic acids is 1. The number of hydrogen-bond acceptors (Lipinski definition) is 1. The van der Waals surface area contributed by atoms with Crippen LogP contribution in [-0.4, -0.2) is 17.3 Å². The van der Waals surface area contributed by atoms with Crippen LogP contribution in [0.15, 0.2) is 24.3 Å². The minimum atomic E-state index is 0.205. The number of carbonyl (C=O) groups is 1. The number of nitrogens with zero attached hydrogens (tertiary/aromatic N) is 1. The second-order valence-electron chi connectivity index (χ2n) is 3.26. The van der Waals surface area contributed by atoms with Gasteiger partial charge in [-0.2, -0.15) is 0 Å². The van der Waals surface area contributed by atoms with Crippen LogP contribution < -0.4 is 4.90 Å². The maximum Gasteiger partial charge on any atom is 0.228 e. The van der Waals surface area contributed by atoms with Crippen molar-refractivity contribution in [3.05, 3.63) is 27.8 Å². The Bertz CT molecular complexity index is 369. The first-order valence-electron chi connectivity index (χ1n) is 4.37. The predicted molar refractivity (Wildman–Crippen MR) is 68.8 cm³/mol. The lowest BCUT2D eigenvalue weighted by Gasteiger charge is -2.17. The lowest BCUT2D eigenvalue weighted by molar-refractivity contribution is -0.117. The van der Waals surface area contributed by atoms with E-state index in [2.05, 4.69) is 38.5 Å². The van der Waals surface area contributed by atoms with Gasteiger partial charge in [0.2, 0.25) is 5.91 Å². The van der Waals surface area contributed by atoms with Crippen LogP contribution in [0.4, 0.5) is 5.69 Å². The Balaban J connectivity index is 2.32. The maximum absolute atomic E-state index is 11.6. The molecule has 1 unspecified atom stereocenters. The average molecular weight is 366 g/mol. The molecule has 0 spiro atoms. The van der Waals surface area contributed by atoms with Crippen molar-refractivity contribution in [3.63, 3.8) is 0 Å². The van der Waals surface area contributed by atoms with Gasteiger partial charge in [0.1, 0.15) is 0 Å². The Kier molecular flexibility index (Phi) is 3.11. The molecule has 1 aromatic rings. The van der Waals surface area contributed by atoms with E-state index in [4.69, 9.17) is 0 Å². The highest BCUT2D eigenvalue weighted by molar-refractivity contribution is 14.1. The number of halogens is 2. The molecule has 1 atom stereocenters. The van der Waals surface area contributed by atoms with Crippen LogP contribution in [-0.2, 0) is 4.79 Å². The molecule has 2 nitrogen and oxygen atoms in total. The van der Waals surface area contributed by atoms with Gasteiger partial charge < -0.3 is 4.90 Å². The average Bonchev–Trinajstić information content (AvgIpc) is 2.46. The largest absolute Gasteiger partial charge is 0.310 e. The van der Waals surface area contributed by atoms with E-state index in [0.717, 1.165) is 15.8 Å². The lowest BCUT2D eigenvalue weighted by atomic mass is 10.3. The summed E-state index contributed by atoms with van der Waals surface area (Å²) >= 11 is 5.73. The van der Waals surface area contributed by atoms with Crippen LogP contribution >= 0.6 is 38.5 Å². The molecule has 1 aromatic carbocycles. The zero-order valence-electron chi connectivity index (χ0n) is 7.41. The topological polar surface area (TPSA) is 20.3 Å². The minimum absolute atomic E-state index is 0.205. The van der Waals surface area contributed by atoms with Crippen molar-refractivity contribution in [1.82, 2.24) is 0 Å². The third kappa shape index (κ3) is 1.95. The normalized spacial score (nSPS) is 21.7. The Morgan fingerprint density at radius 3 is 2.71 bits per heavy atom. The van der Waals surface area contributed by atoms with E-state index in [1.807, 2.05) is 29.2 Å². The quantitative estimate of drug-likeness (QED) is 0.553. The third-order valence-electron chi connectivity index (χ3n) is 2.22. The molecule has 1 heterocycles. The summed E-state index contributed by atoms with van der Waals surface area (Å²) in [4.78, 5) is 13.8. The summed E-state index contributed by atoms with van der Waals surface area (Å²) in [5, 5.41) is 0. The molecule has 0 bridgehead atoms. The molecule has 1 aliphatic heterocycles. The van der Waals surface area contributed by atoms with Crippen LogP contribution in [0.25, 0.3) is 0 Å². The predicted octanol–water partition coefficient (Wildman–Crippen LogP) is 2.79. The van der Waals surface area contributed by atoms with E-state index in [1.54, 1.807) is 0 Å². The van der Waals surface area contributed by atoms with Crippen molar-refractivity contribution in [3.8, 4) is 0 Å². The first kappa shape index (κ1) is 10.4. The maximum atomic E-state index is 11.6. The van der Waals surface area contributed by atoms with Crippen LogP contribution in [0.2, 0.25) is 0 Å². The molecule has 4 heteroatoms. The van der Waals surface area contributed by atoms with E-state index in [0.29, 0.717) is 11.2 Å². The highest BCUT2D eigenvalue weighted by Gasteiger charge is 2.29. The van der Waals surface area contributed by atoms with E-state index in [1.165, 1.54) is 0 Å². The lowest BCUT2D eigenvalue weighted by Crippen LogP contribution is -2.25. The summed E-state index contributed by atoms with van der Waals surface area (Å²) in [6, 6.07) is 7.96. The monoisotopic (exact) mass is 365 g/mol. The zero-order chi connectivity index (χ0) is 10.1. The number of rotatable bonds is 1. The fourth-order valence-electron chi connectivity index (χ4n) is 1.57. The van der Waals surface area contributed by atoms with Crippen LogP contribution in [0.5, 0.6) is 0 Å². The molecule has 1 saturated heterocycles. The highest BCUT2D eigenvalue weighted by Crippen LogP contribution is 2.28. The second-order valence-corrected chi connectivity index (χ2v) is 5.71. The molecule has 0 saturated carbocycles. The Labute approximate surface area is 105 Å². The molecule has 1 fully saturated rings. The first-order chi connectivity index (χ1) is 6.68. The number of alkyl halides is 1. The van der Waals surface area contributed by atoms with E-state index in [-0.39, 0.29) is 5.91 Å². The molecule has 0 N–H and O–H groups in total. The van der Waals surface area contributed by atoms with Gasteiger partial charge in [-0.05, 0) is 34.7 Å². The third-order valence-corrected chi connectivity index (χ3v) is 3.75. The Morgan fingerprint density at radius 1 is 1.43 bits per heavy atom. The molecule has 2 rings (SSSR count). The summed E-state index contributed by atoms with van der Waals surface area (Å²) in [5.74, 6) is 0.205. The van der Waals surface area contributed by atoms with Gasteiger partial charge in [-0.3, -0.25) is 4.79 Å². The van der Waals surface area contributed by atoms with Crippen LogP contribution in [0, 0.1) is 3.57 Å². The molecular formula is C10H9BrINO. The number of benzene rings is 1. The van der Waals surface area contributed by atoms with Crippen LogP contribution in [0.3, 0.4) is 0 Å². The van der Waals surface area contributed by atoms with E-state index < -0.39 is 0 Å². The van der Waals surface area contributed by atoms with E-state index >= 15 is 0 Å². The molecule has 1 aliphatic rings. The molecule has 1 amide bonds. The molecule has 0 radical (unpaired) electrons. The van der Waals surface area contributed by atoms with Crippen molar-refractivity contribution < 1.29 is 4.79 Å². The fourth-order valence-corrected chi connectivity index (χ4v) is 2.81. The standard InChI is InChI=1S/C10H9BrINO/c11-7-5-10(14)13(6-7)9-4-2-1-3-8(9)12/h1-4,7H,5-6H2. The van der Waals surface area contributed by atoms with Gasteiger partial charge in [0.05, 0.1) is 5.69 Å². The van der Waals surface area contributed by atoms with Gasteiger partial charge in [-0.25, -0.2) is 0 Å². The molecule has 0 aromatic heterocycles. The molecular weight excluding hydrogens is 357 g/mol. The van der Waals surface area contributed by atoms with Gasteiger partial charge in [0.15, 0.2) is 0 Å². The summed E-state index contributed by atoms with van der Waals surface area (Å²) in [6.45, 7) is 0.777. The van der Waals surface area contributed by atoms with Gasteiger partial charge in [-0.15, -0.1) is 0 Å². The van der Waals surface area contributed by atoms with Crippen LogP contribution in [0.1, 0.15) is 6.42 Å². The van der Waals surface area contributed by atoms with Crippen molar-refractivity contribution >= 4 is 50.1 Å². The second kappa shape index (κ2) is 4.18. The number of amides is 1. The molecule has 74 valence electrons. The summed E-state index contributed by atoms with van der Waals surface area (Å²) < 4.78 is 1.13. The van der Waals surface area contributed by atoms with Gasteiger partial charge in [0.25, 0.3) is 0 Å².